The van der Waals surface area contributed by atoms with Crippen LogP contribution in [0.2, 0.25) is 0 Å². The Labute approximate surface area is 187 Å². The molecule has 2 N–H and O–H groups in total. The monoisotopic (exact) mass is 450 g/mol. The molecule has 1 aromatic carbocycles. The van der Waals surface area contributed by atoms with Crippen LogP contribution in [-0.4, -0.2) is 49.1 Å². The average Bonchev–Trinajstić information content (AvgIpc) is 3.22. The van der Waals surface area contributed by atoms with Gasteiger partial charge < -0.3 is 15.0 Å². The van der Waals surface area contributed by atoms with Crippen LogP contribution in [0.4, 0.5) is 14.7 Å². The van der Waals surface area contributed by atoms with Gasteiger partial charge in [0.15, 0.2) is 11.6 Å². The molecule has 4 aromatic rings. The smallest absolute Gasteiger partial charge is 0.303 e. The number of hydrogen-bond acceptors (Lipinski definition) is 6. The van der Waals surface area contributed by atoms with Crippen LogP contribution in [-0.2, 0) is 4.79 Å². The Morgan fingerprint density at radius 1 is 1.03 bits per heavy atom. The van der Waals surface area contributed by atoms with Gasteiger partial charge in [0.25, 0.3) is 0 Å². The standard InChI is InChI=1S/C23H20F2N6O2/c24-16-8-19-20(9-17(16)25)30-22(29-19)14-1-2-18(26-10-14)15-11-27-23(28-12-15)31-5-3-13(4-6-31)7-21(32)33/h1-2,8-13H,3-7H2,(H,29,30)(H,32,33). The minimum absolute atomic E-state index is 0.200. The molecular weight excluding hydrogens is 430 g/mol. The quantitative estimate of drug-likeness (QED) is 0.472. The van der Waals surface area contributed by atoms with E-state index in [0.717, 1.165) is 43.6 Å². The Balaban J connectivity index is 1.28. The number of halogens is 2. The maximum Gasteiger partial charge on any atom is 0.303 e. The molecule has 0 saturated carbocycles. The summed E-state index contributed by atoms with van der Waals surface area (Å²) in [6.45, 7) is 1.46. The summed E-state index contributed by atoms with van der Waals surface area (Å²) in [5.74, 6) is -1.35. The Kier molecular flexibility index (Phi) is 5.41. The van der Waals surface area contributed by atoms with E-state index in [1.54, 1.807) is 24.7 Å². The fourth-order valence-electron chi connectivity index (χ4n) is 4.05. The number of carboxylic acid groups (broad SMARTS) is 1. The molecule has 4 heterocycles. The number of fused-ring (bicyclic) bond motifs is 1. The Bertz CT molecular complexity index is 1260. The molecule has 5 rings (SSSR count). The molecule has 168 valence electrons. The molecule has 0 atom stereocenters. The number of anilines is 1. The number of rotatable bonds is 5. The van der Waals surface area contributed by atoms with E-state index in [-0.39, 0.29) is 12.3 Å². The van der Waals surface area contributed by atoms with Crippen molar-refractivity contribution in [3.05, 3.63) is 54.5 Å². The van der Waals surface area contributed by atoms with Crippen molar-refractivity contribution in [2.24, 2.45) is 5.92 Å². The molecule has 1 aliphatic heterocycles. The molecule has 0 amide bonds. The Hall–Kier alpha value is -3.95. The minimum atomic E-state index is -0.942. The number of piperidine rings is 1. The molecule has 1 aliphatic rings. The van der Waals surface area contributed by atoms with Crippen molar-refractivity contribution < 1.29 is 18.7 Å². The van der Waals surface area contributed by atoms with Gasteiger partial charge in [0.05, 0.1) is 16.7 Å². The second-order valence-corrected chi connectivity index (χ2v) is 8.10. The molecule has 0 aliphatic carbocycles. The normalized spacial score (nSPS) is 14.7. The van der Waals surface area contributed by atoms with E-state index in [0.29, 0.717) is 34.1 Å². The summed E-state index contributed by atoms with van der Waals surface area (Å²) in [6.07, 6.45) is 6.86. The van der Waals surface area contributed by atoms with Gasteiger partial charge in [0.1, 0.15) is 5.82 Å². The molecule has 0 bridgehead atoms. The molecule has 1 fully saturated rings. The third-order valence-corrected chi connectivity index (χ3v) is 5.86. The number of pyridine rings is 1. The highest BCUT2D eigenvalue weighted by Gasteiger charge is 2.22. The number of nitrogens with zero attached hydrogens (tertiary/aromatic N) is 5. The van der Waals surface area contributed by atoms with E-state index in [2.05, 4.69) is 29.8 Å². The topological polar surface area (TPSA) is 108 Å². The van der Waals surface area contributed by atoms with Gasteiger partial charge >= 0.3 is 5.97 Å². The van der Waals surface area contributed by atoms with Crippen LogP contribution in [0, 0.1) is 17.6 Å². The summed E-state index contributed by atoms with van der Waals surface area (Å²) in [6, 6.07) is 5.75. The third kappa shape index (κ3) is 4.36. The van der Waals surface area contributed by atoms with E-state index in [9.17, 15) is 13.6 Å². The lowest BCUT2D eigenvalue weighted by atomic mass is 9.94. The van der Waals surface area contributed by atoms with E-state index in [1.165, 1.54) is 0 Å². The summed E-state index contributed by atoms with van der Waals surface area (Å²) in [7, 11) is 0. The van der Waals surface area contributed by atoms with Gasteiger partial charge in [-0.3, -0.25) is 9.78 Å². The summed E-state index contributed by atoms with van der Waals surface area (Å²) in [4.78, 5) is 33.6. The second-order valence-electron chi connectivity index (χ2n) is 8.10. The lowest BCUT2D eigenvalue weighted by molar-refractivity contribution is -0.138. The first-order valence-electron chi connectivity index (χ1n) is 10.6. The van der Waals surface area contributed by atoms with Crippen molar-refractivity contribution >= 4 is 23.0 Å². The molecule has 0 radical (unpaired) electrons. The van der Waals surface area contributed by atoms with Crippen LogP contribution in [0.5, 0.6) is 0 Å². The van der Waals surface area contributed by atoms with Gasteiger partial charge in [0.2, 0.25) is 5.95 Å². The van der Waals surface area contributed by atoms with E-state index in [1.807, 2.05) is 6.07 Å². The maximum atomic E-state index is 13.4. The number of benzene rings is 1. The van der Waals surface area contributed by atoms with Crippen LogP contribution in [0.15, 0.2) is 42.9 Å². The average molecular weight is 450 g/mol. The van der Waals surface area contributed by atoms with Crippen LogP contribution in [0.1, 0.15) is 19.3 Å². The summed E-state index contributed by atoms with van der Waals surface area (Å²) in [5, 5.41) is 8.95. The van der Waals surface area contributed by atoms with Crippen molar-refractivity contribution in [3.8, 4) is 22.6 Å². The van der Waals surface area contributed by atoms with Crippen molar-refractivity contribution in [2.45, 2.75) is 19.3 Å². The maximum absolute atomic E-state index is 13.4. The second kappa shape index (κ2) is 8.53. The Morgan fingerprint density at radius 3 is 2.39 bits per heavy atom. The van der Waals surface area contributed by atoms with Crippen LogP contribution in [0.3, 0.4) is 0 Å². The van der Waals surface area contributed by atoms with Crippen LogP contribution < -0.4 is 4.90 Å². The van der Waals surface area contributed by atoms with Gasteiger partial charge in [-0.1, -0.05) is 0 Å². The number of nitrogens with one attached hydrogen (secondary N) is 1. The number of hydrogen-bond donors (Lipinski definition) is 2. The molecule has 3 aromatic heterocycles. The number of imidazole rings is 1. The van der Waals surface area contributed by atoms with E-state index < -0.39 is 17.6 Å². The number of aromatic nitrogens is 5. The highest BCUT2D eigenvalue weighted by Crippen LogP contribution is 2.26. The summed E-state index contributed by atoms with van der Waals surface area (Å²) in [5.41, 5.74) is 2.85. The SMILES string of the molecule is O=C(O)CC1CCN(c2ncc(-c3ccc(-c4nc5cc(F)c(F)cc5[nH]4)cn3)cn2)CC1. The lowest BCUT2D eigenvalue weighted by Gasteiger charge is -2.31. The molecule has 1 saturated heterocycles. The number of H-pyrrole nitrogens is 1. The summed E-state index contributed by atoms with van der Waals surface area (Å²) < 4.78 is 26.9. The molecule has 33 heavy (non-hydrogen) atoms. The first-order chi connectivity index (χ1) is 16.0. The fourth-order valence-corrected chi connectivity index (χ4v) is 4.05. The molecule has 0 unspecified atom stereocenters. The zero-order valence-electron chi connectivity index (χ0n) is 17.5. The van der Waals surface area contributed by atoms with Gasteiger partial charge in [-0.15, -0.1) is 0 Å². The van der Waals surface area contributed by atoms with E-state index >= 15 is 0 Å². The molecule has 8 nitrogen and oxygen atoms in total. The highest BCUT2D eigenvalue weighted by atomic mass is 19.2. The highest BCUT2D eigenvalue weighted by molar-refractivity contribution is 5.79. The van der Waals surface area contributed by atoms with Gasteiger partial charge in [-0.2, -0.15) is 0 Å². The van der Waals surface area contributed by atoms with E-state index in [4.69, 9.17) is 5.11 Å². The number of aromatic amines is 1. The van der Waals surface area contributed by atoms with Crippen molar-refractivity contribution in [1.29, 1.82) is 0 Å². The predicted octanol–water partition coefficient (Wildman–Crippen LogP) is 4.05. The predicted molar refractivity (Wildman–Crippen MR) is 117 cm³/mol. The van der Waals surface area contributed by atoms with Crippen LogP contribution >= 0.6 is 0 Å². The van der Waals surface area contributed by atoms with Crippen molar-refractivity contribution in [1.82, 2.24) is 24.9 Å². The first-order valence-corrected chi connectivity index (χ1v) is 10.6. The molecule has 10 heteroatoms. The fraction of sp³-hybridized carbons (Fsp3) is 0.261. The minimum Gasteiger partial charge on any atom is -0.481 e. The third-order valence-electron chi connectivity index (χ3n) is 5.86. The zero-order valence-corrected chi connectivity index (χ0v) is 17.5. The molecule has 0 spiro atoms. The largest absolute Gasteiger partial charge is 0.481 e. The number of aliphatic carboxylic acids is 1. The number of carboxylic acids is 1. The van der Waals surface area contributed by atoms with Crippen molar-refractivity contribution in [3.63, 3.8) is 0 Å². The summed E-state index contributed by atoms with van der Waals surface area (Å²) >= 11 is 0. The van der Waals surface area contributed by atoms with Crippen LogP contribution in [0.25, 0.3) is 33.7 Å². The van der Waals surface area contributed by atoms with Gasteiger partial charge in [0, 0.05) is 61.4 Å². The zero-order chi connectivity index (χ0) is 22.9. The Morgan fingerprint density at radius 2 is 1.73 bits per heavy atom. The van der Waals surface area contributed by atoms with Crippen molar-refractivity contribution in [2.75, 3.05) is 18.0 Å². The lowest BCUT2D eigenvalue weighted by Crippen LogP contribution is -2.35. The molecular formula is C23H20F2N6O2. The van der Waals surface area contributed by atoms with Gasteiger partial charge in [-0.05, 0) is 30.9 Å². The van der Waals surface area contributed by atoms with Gasteiger partial charge in [-0.25, -0.2) is 23.7 Å². The first kappa shape index (κ1) is 20.9. The number of carbonyl (C=O) groups is 1.